The Hall–Kier alpha value is -3.35. The highest BCUT2D eigenvalue weighted by Crippen LogP contribution is 2.44. The zero-order valence-corrected chi connectivity index (χ0v) is 20.4. The highest BCUT2D eigenvalue weighted by molar-refractivity contribution is 5.87. The topological polar surface area (TPSA) is 105 Å². The molecule has 0 heterocycles. The maximum Gasteiger partial charge on any atom is 0.407 e. The Morgan fingerprint density at radius 2 is 1.57 bits per heavy atom. The molecule has 0 aliphatic heterocycles. The Morgan fingerprint density at radius 3 is 2.11 bits per heavy atom. The minimum Gasteiger partial charge on any atom is -0.480 e. The van der Waals surface area contributed by atoms with Crippen LogP contribution in [0.4, 0.5) is 4.79 Å². The lowest BCUT2D eigenvalue weighted by molar-refractivity contribution is -0.147. The molecule has 2 amide bonds. The van der Waals surface area contributed by atoms with Gasteiger partial charge in [0.2, 0.25) is 5.91 Å². The van der Waals surface area contributed by atoms with Crippen LogP contribution in [0, 0.1) is 0 Å². The van der Waals surface area contributed by atoms with E-state index in [0.29, 0.717) is 12.8 Å². The molecular weight excluding hydrogens is 444 g/mol. The number of benzene rings is 2. The van der Waals surface area contributed by atoms with Crippen LogP contribution in [0.5, 0.6) is 0 Å². The summed E-state index contributed by atoms with van der Waals surface area (Å²) in [4.78, 5) is 37.4. The van der Waals surface area contributed by atoms with E-state index in [1.165, 1.54) is 6.92 Å². The van der Waals surface area contributed by atoms with Crippen molar-refractivity contribution >= 4 is 18.0 Å². The fourth-order valence-electron chi connectivity index (χ4n) is 5.38. The number of hydrogen-bond donors (Lipinski definition) is 3. The van der Waals surface area contributed by atoms with Crippen molar-refractivity contribution in [2.45, 2.75) is 75.8 Å². The quantitative estimate of drug-likeness (QED) is 0.496. The molecule has 2 aliphatic rings. The summed E-state index contributed by atoms with van der Waals surface area (Å²) in [5.41, 5.74) is 2.53. The first-order valence-corrected chi connectivity index (χ1v) is 12.4. The molecule has 0 radical (unpaired) electrons. The number of amides is 2. The molecule has 186 valence electrons. The van der Waals surface area contributed by atoms with Crippen molar-refractivity contribution < 1.29 is 24.2 Å². The first kappa shape index (κ1) is 24.8. The average molecular weight is 479 g/mol. The number of alkyl carbamates (subject to hydrolysis) is 1. The average Bonchev–Trinajstić information content (AvgIpc) is 3.16. The number of carbonyl (C=O) groups excluding carboxylic acids is 2. The van der Waals surface area contributed by atoms with Gasteiger partial charge in [-0.2, -0.15) is 0 Å². The molecule has 1 saturated carbocycles. The molecular formula is C28H34N2O5. The number of hydrogen-bond acceptors (Lipinski definition) is 4. The van der Waals surface area contributed by atoms with Gasteiger partial charge in [-0.05, 0) is 48.4 Å². The van der Waals surface area contributed by atoms with E-state index in [-0.39, 0.29) is 31.3 Å². The molecule has 3 N–H and O–H groups in total. The molecule has 0 saturated heterocycles. The van der Waals surface area contributed by atoms with E-state index in [9.17, 15) is 19.5 Å². The molecule has 0 spiro atoms. The predicted molar refractivity (Wildman–Crippen MR) is 133 cm³/mol. The van der Waals surface area contributed by atoms with Crippen LogP contribution < -0.4 is 10.6 Å². The van der Waals surface area contributed by atoms with E-state index < -0.39 is 23.1 Å². The van der Waals surface area contributed by atoms with Gasteiger partial charge in [-0.1, -0.05) is 74.7 Å². The van der Waals surface area contributed by atoms with Gasteiger partial charge in [0.05, 0.1) is 5.54 Å². The number of rotatable bonds is 8. The smallest absolute Gasteiger partial charge is 0.407 e. The van der Waals surface area contributed by atoms with Crippen molar-refractivity contribution in [1.82, 2.24) is 10.6 Å². The summed E-state index contributed by atoms with van der Waals surface area (Å²) >= 11 is 0. The van der Waals surface area contributed by atoms with Gasteiger partial charge in [-0.25, -0.2) is 9.59 Å². The van der Waals surface area contributed by atoms with Crippen molar-refractivity contribution in [3.8, 4) is 11.1 Å². The number of carboxylic acids is 1. The fraction of sp³-hybridized carbons (Fsp3) is 0.464. The van der Waals surface area contributed by atoms with Crippen LogP contribution in [0.1, 0.15) is 75.8 Å². The van der Waals surface area contributed by atoms with Crippen LogP contribution in [0.3, 0.4) is 0 Å². The largest absolute Gasteiger partial charge is 0.480 e. The highest BCUT2D eigenvalue weighted by Gasteiger charge is 2.40. The number of nitrogens with one attached hydrogen (secondary N) is 2. The molecule has 7 heteroatoms. The summed E-state index contributed by atoms with van der Waals surface area (Å²) in [7, 11) is 0. The zero-order valence-electron chi connectivity index (χ0n) is 20.4. The zero-order chi connectivity index (χ0) is 25.1. The van der Waals surface area contributed by atoms with Crippen LogP contribution in [0.25, 0.3) is 11.1 Å². The molecule has 2 aliphatic carbocycles. The fourth-order valence-corrected chi connectivity index (χ4v) is 5.38. The van der Waals surface area contributed by atoms with E-state index in [1.807, 2.05) is 24.3 Å². The van der Waals surface area contributed by atoms with E-state index in [0.717, 1.165) is 41.5 Å². The molecule has 4 rings (SSSR count). The molecule has 2 aromatic carbocycles. The van der Waals surface area contributed by atoms with Crippen LogP contribution in [0.2, 0.25) is 0 Å². The number of aliphatic carboxylic acids is 1. The van der Waals surface area contributed by atoms with Crippen molar-refractivity contribution in [2.24, 2.45) is 0 Å². The summed E-state index contributed by atoms with van der Waals surface area (Å²) in [6, 6.07) is 16.3. The Labute approximate surface area is 206 Å². The molecule has 2 aromatic rings. The van der Waals surface area contributed by atoms with Gasteiger partial charge < -0.3 is 20.5 Å². The third kappa shape index (κ3) is 5.19. The Morgan fingerprint density at radius 1 is 1.00 bits per heavy atom. The second kappa shape index (κ2) is 10.1. The van der Waals surface area contributed by atoms with Gasteiger partial charge in [-0.3, -0.25) is 4.79 Å². The maximum absolute atomic E-state index is 13.0. The molecule has 0 aromatic heterocycles. The van der Waals surface area contributed by atoms with E-state index >= 15 is 0 Å². The monoisotopic (exact) mass is 478 g/mol. The SMILES string of the molecule is CCC(C)(NC(=O)CC1(NC(=O)OCC2c3ccccc3-c3ccccc32)CCCCC1)C(=O)O. The van der Waals surface area contributed by atoms with Gasteiger partial charge in [0.1, 0.15) is 12.1 Å². The van der Waals surface area contributed by atoms with Gasteiger partial charge in [0.15, 0.2) is 0 Å². The van der Waals surface area contributed by atoms with Gasteiger partial charge in [0, 0.05) is 12.3 Å². The van der Waals surface area contributed by atoms with Crippen LogP contribution in [-0.4, -0.2) is 40.8 Å². The minimum atomic E-state index is -1.34. The second-order valence-corrected chi connectivity index (χ2v) is 10.0. The number of carboxylic acid groups (broad SMARTS) is 1. The third-order valence-electron chi connectivity index (χ3n) is 7.61. The molecule has 7 nitrogen and oxygen atoms in total. The lowest BCUT2D eigenvalue weighted by atomic mass is 9.79. The third-order valence-corrected chi connectivity index (χ3v) is 7.61. The second-order valence-electron chi connectivity index (χ2n) is 10.0. The van der Waals surface area contributed by atoms with Gasteiger partial charge in [0.25, 0.3) is 0 Å². The molecule has 35 heavy (non-hydrogen) atoms. The molecule has 1 fully saturated rings. The van der Waals surface area contributed by atoms with Crippen LogP contribution in [-0.2, 0) is 14.3 Å². The van der Waals surface area contributed by atoms with Crippen LogP contribution in [0.15, 0.2) is 48.5 Å². The van der Waals surface area contributed by atoms with Gasteiger partial charge >= 0.3 is 12.1 Å². The first-order chi connectivity index (χ1) is 16.8. The normalized spacial score (nSPS) is 18.0. The van der Waals surface area contributed by atoms with Crippen molar-refractivity contribution in [3.05, 3.63) is 59.7 Å². The predicted octanol–water partition coefficient (Wildman–Crippen LogP) is 4.99. The number of carbonyl (C=O) groups is 3. The highest BCUT2D eigenvalue weighted by atomic mass is 16.5. The van der Waals surface area contributed by atoms with Crippen molar-refractivity contribution in [2.75, 3.05) is 6.61 Å². The number of ether oxygens (including phenoxy) is 1. The standard InChI is InChI=1S/C28H34N2O5/c1-3-27(2,25(32)33)29-24(31)17-28(15-9-4-10-16-28)30-26(34)35-18-23-21-13-7-5-11-19(21)20-12-6-8-14-22(20)23/h5-8,11-14,23H,3-4,9-10,15-18H2,1-2H3,(H,29,31)(H,30,34)(H,32,33). The van der Waals surface area contributed by atoms with E-state index in [1.54, 1.807) is 6.92 Å². The summed E-state index contributed by atoms with van der Waals surface area (Å²) < 4.78 is 5.73. The lowest BCUT2D eigenvalue weighted by Crippen LogP contribution is -2.57. The van der Waals surface area contributed by atoms with Crippen LogP contribution >= 0.6 is 0 Å². The lowest BCUT2D eigenvalue weighted by Gasteiger charge is -2.38. The Balaban J connectivity index is 1.43. The number of fused-ring (bicyclic) bond motifs is 3. The first-order valence-electron chi connectivity index (χ1n) is 12.4. The summed E-state index contributed by atoms with van der Waals surface area (Å²) in [6.07, 6.45) is 3.87. The van der Waals surface area contributed by atoms with Crippen molar-refractivity contribution in [3.63, 3.8) is 0 Å². The summed E-state index contributed by atoms with van der Waals surface area (Å²) in [6.45, 7) is 3.43. The Kier molecular flexibility index (Phi) is 7.15. The van der Waals surface area contributed by atoms with Gasteiger partial charge in [-0.15, -0.1) is 0 Å². The summed E-state index contributed by atoms with van der Waals surface area (Å²) in [5.74, 6) is -1.49. The minimum absolute atomic E-state index is 0.0278. The summed E-state index contributed by atoms with van der Waals surface area (Å²) in [5, 5.41) is 15.2. The maximum atomic E-state index is 13.0. The molecule has 1 unspecified atom stereocenters. The van der Waals surface area contributed by atoms with E-state index in [4.69, 9.17) is 4.74 Å². The van der Waals surface area contributed by atoms with E-state index in [2.05, 4.69) is 34.9 Å². The van der Waals surface area contributed by atoms with Crippen molar-refractivity contribution in [1.29, 1.82) is 0 Å². The molecule has 0 bridgehead atoms. The molecule has 1 atom stereocenters. The Bertz CT molecular complexity index is 1060.